The third kappa shape index (κ3) is 3.28. The Labute approximate surface area is 185 Å². The van der Waals surface area contributed by atoms with Crippen LogP contribution < -0.4 is 5.32 Å². The second-order valence-electron chi connectivity index (χ2n) is 7.61. The number of para-hydroxylation sites is 1. The number of anilines is 2. The van der Waals surface area contributed by atoms with E-state index < -0.39 is 0 Å². The molecule has 3 aromatic carbocycles. The quantitative estimate of drug-likeness (QED) is 0.326. The minimum atomic E-state index is 0.770. The molecule has 0 spiro atoms. The predicted molar refractivity (Wildman–Crippen MR) is 130 cm³/mol. The van der Waals surface area contributed by atoms with Gasteiger partial charge in [-0.05, 0) is 54.6 Å². The van der Waals surface area contributed by atoms with Crippen LogP contribution in [0.3, 0.4) is 0 Å². The van der Waals surface area contributed by atoms with E-state index in [0.717, 1.165) is 56.0 Å². The Morgan fingerprint density at radius 1 is 0.625 bits per heavy atom. The van der Waals surface area contributed by atoms with Crippen molar-refractivity contribution < 1.29 is 4.42 Å². The summed E-state index contributed by atoms with van der Waals surface area (Å²) in [5.41, 5.74) is 8.37. The molecule has 3 aromatic heterocycles. The van der Waals surface area contributed by atoms with E-state index in [-0.39, 0.29) is 0 Å². The maximum atomic E-state index is 6.10. The van der Waals surface area contributed by atoms with E-state index in [4.69, 9.17) is 9.40 Å². The second-order valence-corrected chi connectivity index (χ2v) is 7.61. The Balaban J connectivity index is 1.48. The molecule has 1 N–H and O–H groups in total. The van der Waals surface area contributed by atoms with Gasteiger partial charge >= 0.3 is 0 Å². The highest BCUT2D eigenvalue weighted by molar-refractivity contribution is 6.10. The Morgan fingerprint density at radius 3 is 2.28 bits per heavy atom. The monoisotopic (exact) mass is 413 g/mol. The van der Waals surface area contributed by atoms with E-state index in [2.05, 4.69) is 34.6 Å². The number of pyridine rings is 2. The molecule has 0 atom stereocenters. The summed E-state index contributed by atoms with van der Waals surface area (Å²) in [5.74, 6) is 0. The molecule has 32 heavy (non-hydrogen) atoms. The van der Waals surface area contributed by atoms with Crippen LogP contribution in [0.15, 0.2) is 114 Å². The lowest BCUT2D eigenvalue weighted by molar-refractivity contribution is 0.668. The van der Waals surface area contributed by atoms with Crippen LogP contribution in [0.2, 0.25) is 0 Å². The summed E-state index contributed by atoms with van der Waals surface area (Å²) in [7, 11) is 0. The molecule has 4 nitrogen and oxygen atoms in total. The number of nitrogens with zero attached hydrogens (tertiary/aromatic N) is 2. The Kier molecular flexibility index (Phi) is 4.40. The molecule has 0 saturated heterocycles. The van der Waals surface area contributed by atoms with E-state index in [1.807, 2.05) is 85.1 Å². The number of fused-ring (bicyclic) bond motifs is 3. The van der Waals surface area contributed by atoms with Crippen LogP contribution in [0.25, 0.3) is 44.6 Å². The van der Waals surface area contributed by atoms with Crippen LogP contribution in [-0.4, -0.2) is 9.97 Å². The van der Waals surface area contributed by atoms with Crippen molar-refractivity contribution in [3.63, 3.8) is 0 Å². The van der Waals surface area contributed by atoms with Crippen molar-refractivity contribution in [2.24, 2.45) is 0 Å². The Bertz CT molecular complexity index is 1540. The number of benzene rings is 3. The fourth-order valence-electron chi connectivity index (χ4n) is 4.00. The minimum Gasteiger partial charge on any atom is -0.454 e. The van der Waals surface area contributed by atoms with Crippen molar-refractivity contribution in [3.8, 4) is 22.5 Å². The second kappa shape index (κ2) is 7.67. The number of furan rings is 1. The van der Waals surface area contributed by atoms with E-state index in [1.54, 1.807) is 0 Å². The van der Waals surface area contributed by atoms with Gasteiger partial charge in [0, 0.05) is 23.0 Å². The van der Waals surface area contributed by atoms with Gasteiger partial charge in [0.2, 0.25) is 0 Å². The molecule has 0 fully saturated rings. The average molecular weight is 413 g/mol. The van der Waals surface area contributed by atoms with Gasteiger partial charge in [-0.1, -0.05) is 48.5 Å². The molecule has 0 radical (unpaired) electrons. The van der Waals surface area contributed by atoms with Crippen LogP contribution in [-0.2, 0) is 0 Å². The SMILES string of the molecule is c1ccc(Nc2cccc3oc4ccc(-c5cccc(-c6ccccn6)c5)nc4c23)cc1. The standard InChI is InChI=1S/C28H19N3O/c1-2-10-21(11-3-1)30-24-13-7-14-25-27(24)28-26(32-25)16-15-23(31-28)20-9-6-8-19(18-20)22-12-4-5-17-29-22/h1-18,30H. The average Bonchev–Trinajstić information content (AvgIpc) is 3.24. The molecule has 3 heterocycles. The summed E-state index contributed by atoms with van der Waals surface area (Å²) >= 11 is 0. The van der Waals surface area contributed by atoms with Crippen LogP contribution in [0.5, 0.6) is 0 Å². The van der Waals surface area contributed by atoms with Gasteiger partial charge in [0.15, 0.2) is 5.58 Å². The smallest absolute Gasteiger partial charge is 0.154 e. The molecule has 6 rings (SSSR count). The molecule has 4 heteroatoms. The Hall–Kier alpha value is -4.44. The fraction of sp³-hybridized carbons (Fsp3) is 0. The molecule has 0 saturated carbocycles. The van der Waals surface area contributed by atoms with E-state index >= 15 is 0 Å². The minimum absolute atomic E-state index is 0.770. The van der Waals surface area contributed by atoms with Gasteiger partial charge in [0.05, 0.1) is 22.5 Å². The molecule has 152 valence electrons. The normalized spacial score (nSPS) is 11.1. The molecule has 0 amide bonds. The summed E-state index contributed by atoms with van der Waals surface area (Å²) in [6, 6.07) is 34.4. The van der Waals surface area contributed by atoms with Crippen molar-refractivity contribution in [2.75, 3.05) is 5.32 Å². The van der Waals surface area contributed by atoms with Gasteiger partial charge in [-0.3, -0.25) is 4.98 Å². The summed E-state index contributed by atoms with van der Waals surface area (Å²) < 4.78 is 6.10. The number of aromatic nitrogens is 2. The predicted octanol–water partition coefficient (Wildman–Crippen LogP) is 7.45. The third-order valence-electron chi connectivity index (χ3n) is 5.51. The highest BCUT2D eigenvalue weighted by atomic mass is 16.3. The van der Waals surface area contributed by atoms with E-state index in [1.165, 1.54) is 0 Å². The lowest BCUT2D eigenvalue weighted by Crippen LogP contribution is -1.91. The first kappa shape index (κ1) is 18.3. The molecule has 0 aliphatic heterocycles. The van der Waals surface area contributed by atoms with Crippen LogP contribution in [0.1, 0.15) is 0 Å². The van der Waals surface area contributed by atoms with Gasteiger partial charge in [-0.25, -0.2) is 4.98 Å². The van der Waals surface area contributed by atoms with Gasteiger partial charge < -0.3 is 9.73 Å². The largest absolute Gasteiger partial charge is 0.454 e. The topological polar surface area (TPSA) is 51.0 Å². The summed E-state index contributed by atoms with van der Waals surface area (Å²) in [6.07, 6.45) is 1.81. The first-order valence-corrected chi connectivity index (χ1v) is 10.5. The summed E-state index contributed by atoms with van der Waals surface area (Å²) in [6.45, 7) is 0. The van der Waals surface area contributed by atoms with Gasteiger partial charge in [0.1, 0.15) is 11.1 Å². The molecule has 0 aliphatic carbocycles. The molecular formula is C28H19N3O. The summed E-state index contributed by atoms with van der Waals surface area (Å²) in [5, 5.41) is 4.49. The van der Waals surface area contributed by atoms with E-state index in [9.17, 15) is 0 Å². The lowest BCUT2D eigenvalue weighted by atomic mass is 10.0. The zero-order chi connectivity index (χ0) is 21.3. The fourth-order valence-corrected chi connectivity index (χ4v) is 4.00. The zero-order valence-corrected chi connectivity index (χ0v) is 17.2. The third-order valence-corrected chi connectivity index (χ3v) is 5.51. The van der Waals surface area contributed by atoms with Gasteiger partial charge in [0.25, 0.3) is 0 Å². The van der Waals surface area contributed by atoms with Crippen molar-refractivity contribution >= 4 is 33.4 Å². The highest BCUT2D eigenvalue weighted by Gasteiger charge is 2.14. The van der Waals surface area contributed by atoms with Gasteiger partial charge in [-0.15, -0.1) is 0 Å². The number of nitrogens with one attached hydrogen (secondary N) is 1. The van der Waals surface area contributed by atoms with Crippen LogP contribution in [0, 0.1) is 0 Å². The maximum absolute atomic E-state index is 6.10. The van der Waals surface area contributed by atoms with Crippen LogP contribution in [0.4, 0.5) is 11.4 Å². The van der Waals surface area contributed by atoms with Crippen molar-refractivity contribution in [1.82, 2.24) is 9.97 Å². The number of rotatable bonds is 4. The first-order chi connectivity index (χ1) is 15.8. The zero-order valence-electron chi connectivity index (χ0n) is 17.2. The molecule has 6 aromatic rings. The summed E-state index contributed by atoms with van der Waals surface area (Å²) in [4.78, 5) is 9.49. The van der Waals surface area contributed by atoms with Crippen molar-refractivity contribution in [3.05, 3.63) is 109 Å². The molecule has 0 unspecified atom stereocenters. The molecule has 0 bridgehead atoms. The first-order valence-electron chi connectivity index (χ1n) is 10.5. The van der Waals surface area contributed by atoms with Crippen molar-refractivity contribution in [1.29, 1.82) is 0 Å². The van der Waals surface area contributed by atoms with E-state index in [0.29, 0.717) is 0 Å². The van der Waals surface area contributed by atoms with Gasteiger partial charge in [-0.2, -0.15) is 0 Å². The Morgan fingerprint density at radius 2 is 1.44 bits per heavy atom. The lowest BCUT2D eigenvalue weighted by Gasteiger charge is -2.08. The number of hydrogen-bond acceptors (Lipinski definition) is 4. The van der Waals surface area contributed by atoms with Crippen LogP contribution >= 0.6 is 0 Å². The highest BCUT2D eigenvalue weighted by Crippen LogP contribution is 2.36. The van der Waals surface area contributed by atoms with Crippen molar-refractivity contribution in [2.45, 2.75) is 0 Å². The number of hydrogen-bond donors (Lipinski definition) is 1. The maximum Gasteiger partial charge on any atom is 0.154 e. The molecular weight excluding hydrogens is 394 g/mol. The molecule has 0 aliphatic rings.